The molecular formula is C10H16O2. The van der Waals surface area contributed by atoms with Crippen molar-refractivity contribution in [2.45, 2.75) is 39.4 Å². The van der Waals surface area contributed by atoms with Gasteiger partial charge in [-0.05, 0) is 30.8 Å². The predicted molar refractivity (Wildman–Crippen MR) is 46.4 cm³/mol. The molecule has 0 unspecified atom stereocenters. The minimum atomic E-state index is 0.204. The quantitative estimate of drug-likeness (QED) is 0.442. The molecule has 0 N–H and O–H groups in total. The molecule has 1 fully saturated rings. The van der Waals surface area contributed by atoms with Gasteiger partial charge in [-0.25, -0.2) is 9.78 Å². The monoisotopic (exact) mass is 168 g/mol. The molecule has 3 aliphatic rings. The minimum Gasteiger partial charge on any atom is -0.228 e. The summed E-state index contributed by atoms with van der Waals surface area (Å²) >= 11 is 0. The van der Waals surface area contributed by atoms with Gasteiger partial charge >= 0.3 is 0 Å². The molecule has 2 heterocycles. The molecule has 0 saturated carbocycles. The molecule has 0 aromatic carbocycles. The lowest BCUT2D eigenvalue weighted by Gasteiger charge is -2.40. The molecule has 1 aliphatic carbocycles. The zero-order valence-electron chi connectivity index (χ0n) is 7.91. The standard InChI is InChI=1S/C10H16O2/c1-6(2)8-5-9-7(3)4-10(8)12-11-9/h4,6,8-10H,5H2,1-3H3/t8-,9-,10-/m0/s1. The van der Waals surface area contributed by atoms with Gasteiger partial charge < -0.3 is 0 Å². The van der Waals surface area contributed by atoms with Crippen LogP contribution < -0.4 is 0 Å². The van der Waals surface area contributed by atoms with Crippen molar-refractivity contribution in [3.8, 4) is 0 Å². The average molecular weight is 168 g/mol. The first-order chi connectivity index (χ1) is 5.68. The van der Waals surface area contributed by atoms with Gasteiger partial charge in [0.25, 0.3) is 0 Å². The van der Waals surface area contributed by atoms with Gasteiger partial charge in [-0.3, -0.25) is 0 Å². The predicted octanol–water partition coefficient (Wildman–Crippen LogP) is 2.31. The SMILES string of the molecule is CC1=C[C@@H]2OO[C@H]1C[C@H]2C(C)C. The maximum atomic E-state index is 5.24. The van der Waals surface area contributed by atoms with Crippen LogP contribution in [0.2, 0.25) is 0 Å². The van der Waals surface area contributed by atoms with Crippen molar-refractivity contribution in [3.63, 3.8) is 0 Å². The zero-order chi connectivity index (χ0) is 8.72. The highest BCUT2D eigenvalue weighted by molar-refractivity contribution is 5.16. The summed E-state index contributed by atoms with van der Waals surface area (Å²) in [6.45, 7) is 6.62. The second-order valence-electron chi connectivity index (χ2n) is 4.20. The summed E-state index contributed by atoms with van der Waals surface area (Å²) < 4.78 is 0. The molecule has 1 saturated heterocycles. The van der Waals surface area contributed by atoms with E-state index in [1.165, 1.54) is 5.57 Å². The summed E-state index contributed by atoms with van der Waals surface area (Å²) in [7, 11) is 0. The summed E-state index contributed by atoms with van der Waals surface area (Å²) in [5, 5.41) is 0. The van der Waals surface area contributed by atoms with E-state index in [2.05, 4.69) is 26.8 Å². The summed E-state index contributed by atoms with van der Waals surface area (Å²) in [5.74, 6) is 1.33. The second-order valence-corrected chi connectivity index (χ2v) is 4.20. The molecule has 0 radical (unpaired) electrons. The Balaban J connectivity index is 2.17. The van der Waals surface area contributed by atoms with Crippen LogP contribution in [0.25, 0.3) is 0 Å². The molecule has 2 nitrogen and oxygen atoms in total. The van der Waals surface area contributed by atoms with Crippen LogP contribution in [-0.2, 0) is 9.78 Å². The fourth-order valence-electron chi connectivity index (χ4n) is 2.05. The van der Waals surface area contributed by atoms with Crippen LogP contribution in [0.1, 0.15) is 27.2 Å². The summed E-state index contributed by atoms with van der Waals surface area (Å²) in [5.41, 5.74) is 1.34. The van der Waals surface area contributed by atoms with E-state index in [1.54, 1.807) is 0 Å². The molecule has 3 rings (SSSR count). The topological polar surface area (TPSA) is 18.5 Å². The van der Waals surface area contributed by atoms with Gasteiger partial charge in [0.05, 0.1) is 0 Å². The largest absolute Gasteiger partial charge is 0.228 e. The van der Waals surface area contributed by atoms with Gasteiger partial charge in [-0.15, -0.1) is 0 Å². The van der Waals surface area contributed by atoms with E-state index in [-0.39, 0.29) is 12.2 Å². The maximum absolute atomic E-state index is 5.24. The Bertz CT molecular complexity index is 208. The molecule has 0 aromatic rings. The first-order valence-electron chi connectivity index (χ1n) is 4.69. The molecule has 2 heteroatoms. The van der Waals surface area contributed by atoms with E-state index in [1.807, 2.05) is 0 Å². The molecule has 2 bridgehead atoms. The van der Waals surface area contributed by atoms with Crippen molar-refractivity contribution in [2.75, 3.05) is 0 Å². The van der Waals surface area contributed by atoms with Crippen LogP contribution in [0.4, 0.5) is 0 Å². The first kappa shape index (κ1) is 8.27. The van der Waals surface area contributed by atoms with Crippen molar-refractivity contribution < 1.29 is 9.78 Å². The highest BCUT2D eigenvalue weighted by Gasteiger charge is 2.38. The fraction of sp³-hybridized carbons (Fsp3) is 0.800. The lowest BCUT2D eigenvalue weighted by atomic mass is 9.78. The van der Waals surface area contributed by atoms with E-state index in [0.29, 0.717) is 11.8 Å². The minimum absolute atomic E-state index is 0.204. The Kier molecular flexibility index (Phi) is 1.97. The zero-order valence-corrected chi connectivity index (χ0v) is 7.91. The summed E-state index contributed by atoms with van der Waals surface area (Å²) in [6.07, 6.45) is 3.77. The van der Waals surface area contributed by atoms with Crippen LogP contribution >= 0.6 is 0 Å². The maximum Gasteiger partial charge on any atom is 0.115 e. The van der Waals surface area contributed by atoms with E-state index in [4.69, 9.17) is 9.78 Å². The van der Waals surface area contributed by atoms with Crippen molar-refractivity contribution in [3.05, 3.63) is 11.6 Å². The Hall–Kier alpha value is -0.340. The van der Waals surface area contributed by atoms with Crippen molar-refractivity contribution in [2.24, 2.45) is 11.8 Å². The number of hydrogen-bond acceptors (Lipinski definition) is 2. The number of rotatable bonds is 1. The number of hydrogen-bond donors (Lipinski definition) is 0. The Labute approximate surface area is 73.5 Å². The van der Waals surface area contributed by atoms with Gasteiger partial charge in [0.2, 0.25) is 0 Å². The average Bonchev–Trinajstić information content (AvgIpc) is 2.04. The van der Waals surface area contributed by atoms with E-state index < -0.39 is 0 Å². The highest BCUT2D eigenvalue weighted by Crippen LogP contribution is 2.37. The Morgan fingerprint density at radius 2 is 2.17 bits per heavy atom. The fourth-order valence-corrected chi connectivity index (χ4v) is 2.05. The van der Waals surface area contributed by atoms with Crippen LogP contribution in [0.5, 0.6) is 0 Å². The van der Waals surface area contributed by atoms with Crippen LogP contribution in [0, 0.1) is 11.8 Å². The smallest absolute Gasteiger partial charge is 0.115 e. The molecule has 12 heavy (non-hydrogen) atoms. The Morgan fingerprint density at radius 3 is 2.58 bits per heavy atom. The summed E-state index contributed by atoms with van der Waals surface area (Å²) in [6, 6.07) is 0. The van der Waals surface area contributed by atoms with Crippen molar-refractivity contribution in [1.82, 2.24) is 0 Å². The summed E-state index contributed by atoms with van der Waals surface area (Å²) in [4.78, 5) is 10.4. The molecule has 3 atom stereocenters. The van der Waals surface area contributed by atoms with Crippen molar-refractivity contribution in [1.29, 1.82) is 0 Å². The third-order valence-electron chi connectivity index (χ3n) is 2.98. The molecule has 0 spiro atoms. The van der Waals surface area contributed by atoms with Gasteiger partial charge in [-0.1, -0.05) is 19.9 Å². The molecule has 0 aromatic heterocycles. The van der Waals surface area contributed by atoms with Gasteiger partial charge in [0.15, 0.2) is 0 Å². The lowest BCUT2D eigenvalue weighted by Crippen LogP contribution is -2.42. The van der Waals surface area contributed by atoms with Crippen LogP contribution in [0.3, 0.4) is 0 Å². The third-order valence-corrected chi connectivity index (χ3v) is 2.98. The first-order valence-corrected chi connectivity index (χ1v) is 4.69. The van der Waals surface area contributed by atoms with E-state index in [9.17, 15) is 0 Å². The third kappa shape index (κ3) is 1.19. The second kappa shape index (κ2) is 2.86. The van der Waals surface area contributed by atoms with E-state index in [0.717, 1.165) is 6.42 Å². The molecule has 2 aliphatic heterocycles. The molecular weight excluding hydrogens is 152 g/mol. The van der Waals surface area contributed by atoms with Gasteiger partial charge in [0, 0.05) is 0 Å². The lowest BCUT2D eigenvalue weighted by molar-refractivity contribution is -0.379. The van der Waals surface area contributed by atoms with Gasteiger partial charge in [0.1, 0.15) is 12.2 Å². The molecule has 0 amide bonds. The van der Waals surface area contributed by atoms with Crippen LogP contribution in [0.15, 0.2) is 11.6 Å². The number of fused-ring (bicyclic) bond motifs is 2. The highest BCUT2D eigenvalue weighted by atomic mass is 17.2. The molecule has 68 valence electrons. The van der Waals surface area contributed by atoms with E-state index >= 15 is 0 Å². The normalized spacial score (nSPS) is 40.3. The van der Waals surface area contributed by atoms with Crippen molar-refractivity contribution >= 4 is 0 Å². The van der Waals surface area contributed by atoms with Crippen LogP contribution in [-0.4, -0.2) is 12.2 Å². The Morgan fingerprint density at radius 1 is 1.42 bits per heavy atom. The van der Waals surface area contributed by atoms with Gasteiger partial charge in [-0.2, -0.15) is 0 Å².